The minimum Gasteiger partial charge on any atom is -0.326 e. The molecule has 0 heterocycles. The molecule has 0 aliphatic heterocycles. The molecular weight excluding hydrogens is 366 g/mol. The number of carbonyl (C=O) groups excluding carboxylic acids is 2. The average Bonchev–Trinajstić information content (AvgIpc) is 2.54. The lowest BCUT2D eigenvalue weighted by Gasteiger charge is -2.07. The zero-order valence-electron chi connectivity index (χ0n) is 13.8. The minimum atomic E-state index is -0.0446. The first-order valence-electron chi connectivity index (χ1n) is 7.82. The molecule has 1 amide bonds. The van der Waals surface area contributed by atoms with Crippen molar-refractivity contribution in [2.75, 3.05) is 5.32 Å². The van der Waals surface area contributed by atoms with Crippen LogP contribution in [0.25, 0.3) is 6.08 Å². The molecule has 2 aromatic rings. The first kappa shape index (κ1) is 18.1. The summed E-state index contributed by atoms with van der Waals surface area (Å²) < 4.78 is 0.943. The van der Waals surface area contributed by atoms with E-state index in [-0.39, 0.29) is 11.7 Å². The Hall–Kier alpha value is -2.20. The van der Waals surface area contributed by atoms with Crippen molar-refractivity contribution < 1.29 is 9.59 Å². The molecule has 1 N–H and O–H groups in total. The van der Waals surface area contributed by atoms with E-state index in [2.05, 4.69) is 21.2 Å². The Morgan fingerprint density at radius 2 is 1.67 bits per heavy atom. The van der Waals surface area contributed by atoms with Gasteiger partial charge in [0.15, 0.2) is 5.78 Å². The van der Waals surface area contributed by atoms with Gasteiger partial charge in [-0.3, -0.25) is 9.59 Å². The fraction of sp³-hybridized carbons (Fsp3) is 0.200. The van der Waals surface area contributed by atoms with E-state index in [1.165, 1.54) is 0 Å². The van der Waals surface area contributed by atoms with Crippen LogP contribution >= 0.6 is 15.9 Å². The summed E-state index contributed by atoms with van der Waals surface area (Å²) >= 11 is 3.35. The second-order valence-electron chi connectivity index (χ2n) is 5.97. The van der Waals surface area contributed by atoms with Crippen molar-refractivity contribution in [2.24, 2.45) is 5.92 Å². The molecule has 0 fully saturated rings. The van der Waals surface area contributed by atoms with E-state index in [0.29, 0.717) is 17.9 Å². The summed E-state index contributed by atoms with van der Waals surface area (Å²) in [5.41, 5.74) is 2.31. The topological polar surface area (TPSA) is 46.2 Å². The number of hydrogen-bond acceptors (Lipinski definition) is 2. The average molecular weight is 386 g/mol. The Morgan fingerprint density at radius 1 is 1.04 bits per heavy atom. The molecule has 2 aromatic carbocycles. The maximum Gasteiger partial charge on any atom is 0.224 e. The van der Waals surface area contributed by atoms with Gasteiger partial charge in [-0.2, -0.15) is 0 Å². The van der Waals surface area contributed by atoms with Crippen molar-refractivity contribution in [1.82, 2.24) is 0 Å². The molecule has 0 spiro atoms. The number of halogens is 1. The van der Waals surface area contributed by atoms with Crippen molar-refractivity contribution in [3.8, 4) is 0 Å². The lowest BCUT2D eigenvalue weighted by molar-refractivity contribution is -0.116. The first-order valence-corrected chi connectivity index (χ1v) is 8.61. The maximum absolute atomic E-state index is 12.1. The Labute approximate surface area is 150 Å². The van der Waals surface area contributed by atoms with Gasteiger partial charge < -0.3 is 5.32 Å². The number of carbonyl (C=O) groups is 2. The van der Waals surface area contributed by atoms with Crippen molar-refractivity contribution >= 4 is 39.4 Å². The smallest absolute Gasteiger partial charge is 0.224 e. The SMILES string of the molecule is CC(C)CC(=O)Nc1ccc(C=CC(=O)c2ccc(Br)cc2)cc1. The van der Waals surface area contributed by atoms with Crippen LogP contribution in [0.3, 0.4) is 0 Å². The summed E-state index contributed by atoms with van der Waals surface area (Å²) in [5.74, 6) is 0.298. The van der Waals surface area contributed by atoms with Crippen molar-refractivity contribution in [3.05, 3.63) is 70.2 Å². The number of hydrogen-bond donors (Lipinski definition) is 1. The quantitative estimate of drug-likeness (QED) is 0.539. The zero-order chi connectivity index (χ0) is 17.5. The molecule has 3 nitrogen and oxygen atoms in total. The summed E-state index contributed by atoms with van der Waals surface area (Å²) in [4.78, 5) is 23.8. The van der Waals surface area contributed by atoms with Crippen LogP contribution in [-0.4, -0.2) is 11.7 Å². The number of ketones is 1. The molecule has 0 aromatic heterocycles. The van der Waals surface area contributed by atoms with Crippen molar-refractivity contribution in [1.29, 1.82) is 0 Å². The fourth-order valence-electron chi connectivity index (χ4n) is 2.14. The van der Waals surface area contributed by atoms with Gasteiger partial charge in [0.2, 0.25) is 5.91 Å². The summed E-state index contributed by atoms with van der Waals surface area (Å²) in [5, 5.41) is 2.86. The Morgan fingerprint density at radius 3 is 2.25 bits per heavy atom. The first-order chi connectivity index (χ1) is 11.4. The molecule has 0 radical (unpaired) electrons. The predicted molar refractivity (Wildman–Crippen MR) is 102 cm³/mol. The molecule has 0 aliphatic rings. The summed E-state index contributed by atoms with van der Waals surface area (Å²) in [6.45, 7) is 4.02. The van der Waals surface area contributed by atoms with E-state index in [9.17, 15) is 9.59 Å². The lowest BCUT2D eigenvalue weighted by atomic mass is 10.1. The van der Waals surface area contributed by atoms with E-state index in [1.807, 2.05) is 50.2 Å². The van der Waals surface area contributed by atoms with Gasteiger partial charge in [-0.15, -0.1) is 0 Å². The van der Waals surface area contributed by atoms with Gasteiger partial charge in [-0.25, -0.2) is 0 Å². The highest BCUT2D eigenvalue weighted by atomic mass is 79.9. The van der Waals surface area contributed by atoms with Crippen molar-refractivity contribution in [2.45, 2.75) is 20.3 Å². The standard InChI is InChI=1S/C20H20BrNO2/c1-14(2)13-20(24)22-18-10-3-15(4-11-18)5-12-19(23)16-6-8-17(21)9-7-16/h3-12,14H,13H2,1-2H3,(H,22,24). The van der Waals surface area contributed by atoms with E-state index in [4.69, 9.17) is 0 Å². The number of anilines is 1. The molecule has 124 valence electrons. The molecule has 0 atom stereocenters. The van der Waals surface area contributed by atoms with E-state index in [1.54, 1.807) is 24.3 Å². The number of nitrogens with one attached hydrogen (secondary N) is 1. The maximum atomic E-state index is 12.1. The molecule has 4 heteroatoms. The summed E-state index contributed by atoms with van der Waals surface area (Å²) in [6.07, 6.45) is 3.82. The third-order valence-electron chi connectivity index (χ3n) is 3.34. The Kier molecular flexibility index (Phi) is 6.50. The normalized spacial score (nSPS) is 11.0. The van der Waals surface area contributed by atoms with Crippen LogP contribution < -0.4 is 5.32 Å². The summed E-state index contributed by atoms with van der Waals surface area (Å²) in [6, 6.07) is 14.7. The zero-order valence-corrected chi connectivity index (χ0v) is 15.3. The molecule has 0 bridgehead atoms. The number of allylic oxidation sites excluding steroid dienone is 1. The highest BCUT2D eigenvalue weighted by molar-refractivity contribution is 9.10. The second kappa shape index (κ2) is 8.60. The van der Waals surface area contributed by atoms with E-state index >= 15 is 0 Å². The molecule has 0 saturated heterocycles. The van der Waals surface area contributed by atoms with E-state index in [0.717, 1.165) is 15.7 Å². The molecule has 0 saturated carbocycles. The number of benzene rings is 2. The number of rotatable bonds is 6. The largest absolute Gasteiger partial charge is 0.326 e. The van der Waals surface area contributed by atoms with Gasteiger partial charge in [0.05, 0.1) is 0 Å². The van der Waals surface area contributed by atoms with Crippen LogP contribution in [0.15, 0.2) is 59.1 Å². The number of amides is 1. The molecule has 24 heavy (non-hydrogen) atoms. The minimum absolute atomic E-state index is 0.0127. The lowest BCUT2D eigenvalue weighted by Crippen LogP contribution is -2.13. The second-order valence-corrected chi connectivity index (χ2v) is 6.89. The van der Waals surface area contributed by atoms with Crippen LogP contribution in [0.5, 0.6) is 0 Å². The molecule has 0 unspecified atom stereocenters. The summed E-state index contributed by atoms with van der Waals surface area (Å²) in [7, 11) is 0. The van der Waals surface area contributed by atoms with Gasteiger partial charge in [-0.05, 0) is 54.0 Å². The van der Waals surface area contributed by atoms with Gasteiger partial charge in [0, 0.05) is 22.1 Å². The third-order valence-corrected chi connectivity index (χ3v) is 3.87. The van der Waals surface area contributed by atoms with E-state index < -0.39 is 0 Å². The highest BCUT2D eigenvalue weighted by Gasteiger charge is 2.05. The Bertz CT molecular complexity index is 731. The molecular formula is C20H20BrNO2. The van der Waals surface area contributed by atoms with Crippen LogP contribution in [-0.2, 0) is 4.79 Å². The van der Waals surface area contributed by atoms with Crippen LogP contribution in [0.1, 0.15) is 36.2 Å². The predicted octanol–water partition coefficient (Wildman–Crippen LogP) is 5.33. The fourth-order valence-corrected chi connectivity index (χ4v) is 2.41. The van der Waals surface area contributed by atoms with Gasteiger partial charge in [-0.1, -0.05) is 48.0 Å². The molecule has 2 rings (SSSR count). The van der Waals surface area contributed by atoms with Crippen LogP contribution in [0, 0.1) is 5.92 Å². The van der Waals surface area contributed by atoms with Gasteiger partial charge in [0.25, 0.3) is 0 Å². The van der Waals surface area contributed by atoms with Crippen LogP contribution in [0.2, 0.25) is 0 Å². The highest BCUT2D eigenvalue weighted by Crippen LogP contribution is 2.14. The van der Waals surface area contributed by atoms with Crippen LogP contribution in [0.4, 0.5) is 5.69 Å². The van der Waals surface area contributed by atoms with Crippen molar-refractivity contribution in [3.63, 3.8) is 0 Å². The van der Waals surface area contributed by atoms with Gasteiger partial charge >= 0.3 is 0 Å². The molecule has 0 aliphatic carbocycles. The third kappa shape index (κ3) is 5.78. The van der Waals surface area contributed by atoms with Gasteiger partial charge in [0.1, 0.15) is 0 Å². The Balaban J connectivity index is 1.97. The monoisotopic (exact) mass is 385 g/mol.